The van der Waals surface area contributed by atoms with Gasteiger partial charge in [-0.05, 0) is 80.3 Å². The lowest BCUT2D eigenvalue weighted by atomic mass is 9.86. The van der Waals surface area contributed by atoms with E-state index < -0.39 is 39.2 Å². The van der Waals surface area contributed by atoms with Gasteiger partial charge in [0, 0.05) is 41.9 Å². The molecule has 0 spiro atoms. The van der Waals surface area contributed by atoms with E-state index in [2.05, 4.69) is 14.2 Å². The number of nitrogens with zero attached hydrogens (tertiary/aromatic N) is 2. The topological polar surface area (TPSA) is 114 Å². The van der Waals surface area contributed by atoms with E-state index in [0.717, 1.165) is 17.0 Å². The Hall–Kier alpha value is -3.97. The van der Waals surface area contributed by atoms with Crippen molar-refractivity contribution < 1.29 is 44.8 Å². The molecule has 2 aromatic carbocycles. The van der Waals surface area contributed by atoms with Crippen LogP contribution in [0.15, 0.2) is 42.6 Å². The number of esters is 1. The third-order valence-corrected chi connectivity index (χ3v) is 7.75. The third-order valence-electron chi connectivity index (χ3n) is 6.79. The molecule has 4 aromatic rings. The third kappa shape index (κ3) is 6.09. The number of carbonyl (C=O) groups excluding carboxylic acids is 1. The smallest absolute Gasteiger partial charge is 0.493 e. The second-order valence-electron chi connectivity index (χ2n) is 11.1. The first-order valence-corrected chi connectivity index (χ1v) is 14.8. The Balaban J connectivity index is 1.82. The molecule has 2 aromatic heterocycles. The van der Waals surface area contributed by atoms with E-state index in [9.17, 15) is 26.4 Å². The zero-order chi connectivity index (χ0) is 31.3. The van der Waals surface area contributed by atoms with E-state index in [4.69, 9.17) is 14.2 Å². The molecule has 9 nitrogen and oxygen atoms in total. The summed E-state index contributed by atoms with van der Waals surface area (Å²) in [6.07, 6.45) is 1.60. The summed E-state index contributed by atoms with van der Waals surface area (Å²) >= 11 is 0. The molecule has 0 aliphatic carbocycles. The molecule has 13 heteroatoms. The molecule has 43 heavy (non-hydrogen) atoms. The number of fused-ring (bicyclic) bond motifs is 1. The summed E-state index contributed by atoms with van der Waals surface area (Å²) in [7, 11) is -5.94. The summed E-state index contributed by atoms with van der Waals surface area (Å²) in [6, 6.07) is 9.67. The van der Waals surface area contributed by atoms with Gasteiger partial charge in [-0.15, -0.1) is 0 Å². The average molecular weight is 619 g/mol. The maximum absolute atomic E-state index is 13.0. The molecular formula is C30H29F3N2O7S. The minimum absolute atomic E-state index is 0.123. The normalized spacial score (nSPS) is 14.4. The van der Waals surface area contributed by atoms with Crippen LogP contribution in [0, 0.1) is 6.92 Å². The molecule has 228 valence electrons. The number of ether oxygens (including phenoxy) is 3. The number of aromatic nitrogens is 2. The fraction of sp³-hybridized carbons (Fsp3) is 0.367. The molecule has 0 bridgehead atoms. The molecule has 0 N–H and O–H groups in total. The molecule has 0 radical (unpaired) electrons. The van der Waals surface area contributed by atoms with Crippen molar-refractivity contribution in [1.29, 1.82) is 0 Å². The van der Waals surface area contributed by atoms with Gasteiger partial charge in [0.2, 0.25) is 5.88 Å². The van der Waals surface area contributed by atoms with Gasteiger partial charge in [-0.2, -0.15) is 21.6 Å². The fourth-order valence-corrected chi connectivity index (χ4v) is 5.63. The van der Waals surface area contributed by atoms with Gasteiger partial charge < -0.3 is 18.4 Å². The van der Waals surface area contributed by atoms with Gasteiger partial charge >= 0.3 is 21.6 Å². The standard InChI is InChI=1S/C30H29F3N2O7S/c1-16-14-21-19(7-9-24(35-21)42-43(37,38)30(31,32)33)27(25(16)23(15-40-17(2)36)41-29(3,4)5)20-6-8-22-26-18(11-13-39-22)10-12-34-28(20)26/h6-10,12,14,23H,11,13,15H2,1-5H3/t23-/m1/s1. The summed E-state index contributed by atoms with van der Waals surface area (Å²) < 4.78 is 84.5. The van der Waals surface area contributed by atoms with Crippen molar-refractivity contribution >= 4 is 37.9 Å². The first kappa shape index (κ1) is 30.5. The molecule has 5 rings (SSSR count). The van der Waals surface area contributed by atoms with Crippen LogP contribution in [0.2, 0.25) is 0 Å². The van der Waals surface area contributed by atoms with Crippen molar-refractivity contribution in [2.24, 2.45) is 0 Å². The van der Waals surface area contributed by atoms with Gasteiger partial charge in [-0.1, -0.05) is 0 Å². The summed E-state index contributed by atoms with van der Waals surface area (Å²) in [5.74, 6) is -0.578. The van der Waals surface area contributed by atoms with Crippen LogP contribution in [0.3, 0.4) is 0 Å². The van der Waals surface area contributed by atoms with E-state index in [0.29, 0.717) is 51.9 Å². The predicted octanol–water partition coefficient (Wildman–Crippen LogP) is 6.34. The second kappa shape index (κ2) is 10.9. The van der Waals surface area contributed by atoms with Crippen LogP contribution in [0.25, 0.3) is 32.9 Å². The number of carbonyl (C=O) groups is 1. The van der Waals surface area contributed by atoms with Gasteiger partial charge in [0.1, 0.15) is 18.5 Å². The Morgan fingerprint density at radius 2 is 1.86 bits per heavy atom. The fourth-order valence-electron chi connectivity index (χ4n) is 5.21. The molecule has 0 unspecified atom stereocenters. The molecule has 3 heterocycles. The van der Waals surface area contributed by atoms with Crippen LogP contribution < -0.4 is 8.92 Å². The van der Waals surface area contributed by atoms with E-state index >= 15 is 0 Å². The molecule has 1 aliphatic rings. The highest BCUT2D eigenvalue weighted by molar-refractivity contribution is 7.87. The van der Waals surface area contributed by atoms with Gasteiger partial charge in [0.25, 0.3) is 0 Å². The van der Waals surface area contributed by atoms with Crippen molar-refractivity contribution in [3.05, 3.63) is 59.3 Å². The van der Waals surface area contributed by atoms with Crippen LogP contribution in [0.4, 0.5) is 13.2 Å². The highest BCUT2D eigenvalue weighted by Gasteiger charge is 2.49. The average Bonchev–Trinajstić information content (AvgIpc) is 2.89. The number of hydrogen-bond donors (Lipinski definition) is 0. The Labute approximate surface area is 246 Å². The van der Waals surface area contributed by atoms with Crippen molar-refractivity contribution in [3.63, 3.8) is 0 Å². The Morgan fingerprint density at radius 3 is 2.53 bits per heavy atom. The zero-order valence-electron chi connectivity index (χ0n) is 24.0. The van der Waals surface area contributed by atoms with E-state index in [1.54, 1.807) is 19.2 Å². The Bertz CT molecular complexity index is 1840. The predicted molar refractivity (Wildman–Crippen MR) is 152 cm³/mol. The highest BCUT2D eigenvalue weighted by Crippen LogP contribution is 2.45. The molecule has 1 atom stereocenters. The Kier molecular flexibility index (Phi) is 7.76. The van der Waals surface area contributed by atoms with Crippen LogP contribution in [0.1, 0.15) is 50.5 Å². The maximum Gasteiger partial charge on any atom is 0.534 e. The lowest BCUT2D eigenvalue weighted by Crippen LogP contribution is -2.28. The summed E-state index contributed by atoms with van der Waals surface area (Å²) in [5.41, 5.74) is -1.99. The van der Waals surface area contributed by atoms with E-state index in [-0.39, 0.29) is 12.1 Å². The molecule has 0 saturated carbocycles. The van der Waals surface area contributed by atoms with E-state index in [1.165, 1.54) is 13.0 Å². The maximum atomic E-state index is 13.0. The molecule has 0 fully saturated rings. The number of aryl methyl sites for hydroxylation is 1. The summed E-state index contributed by atoms with van der Waals surface area (Å²) in [6.45, 7) is 9.02. The van der Waals surface area contributed by atoms with Crippen molar-refractivity contribution in [2.45, 2.75) is 58.3 Å². The van der Waals surface area contributed by atoms with Gasteiger partial charge in [-0.3, -0.25) is 9.78 Å². The minimum Gasteiger partial charge on any atom is -0.493 e. The number of pyridine rings is 2. The van der Waals surface area contributed by atoms with Crippen molar-refractivity contribution in [3.8, 4) is 22.8 Å². The number of alkyl halides is 3. The van der Waals surface area contributed by atoms with E-state index in [1.807, 2.05) is 39.0 Å². The molecular weight excluding hydrogens is 589 g/mol. The molecule has 0 saturated heterocycles. The minimum atomic E-state index is -5.94. The summed E-state index contributed by atoms with van der Waals surface area (Å²) in [5, 5.41) is 1.28. The largest absolute Gasteiger partial charge is 0.534 e. The highest BCUT2D eigenvalue weighted by atomic mass is 32.2. The number of halogens is 3. The Morgan fingerprint density at radius 1 is 1.12 bits per heavy atom. The van der Waals surface area contributed by atoms with Crippen molar-refractivity contribution in [1.82, 2.24) is 9.97 Å². The number of benzene rings is 2. The lowest BCUT2D eigenvalue weighted by Gasteiger charge is -2.31. The first-order chi connectivity index (χ1) is 20.1. The lowest BCUT2D eigenvalue weighted by molar-refractivity contribution is -0.150. The van der Waals surface area contributed by atoms with Gasteiger partial charge in [-0.25, -0.2) is 4.98 Å². The second-order valence-corrected chi connectivity index (χ2v) is 12.6. The molecule has 0 amide bonds. The van der Waals surface area contributed by atoms with Crippen LogP contribution >= 0.6 is 0 Å². The number of rotatable bonds is 7. The first-order valence-electron chi connectivity index (χ1n) is 13.4. The summed E-state index contributed by atoms with van der Waals surface area (Å²) in [4.78, 5) is 20.7. The zero-order valence-corrected chi connectivity index (χ0v) is 24.9. The van der Waals surface area contributed by atoms with Crippen molar-refractivity contribution in [2.75, 3.05) is 13.2 Å². The number of hydrogen-bond acceptors (Lipinski definition) is 9. The van der Waals surface area contributed by atoms with Crippen LogP contribution in [-0.2, 0) is 30.8 Å². The quantitative estimate of drug-likeness (QED) is 0.133. The van der Waals surface area contributed by atoms with Gasteiger partial charge in [0.05, 0.1) is 23.2 Å². The van der Waals surface area contributed by atoms with Crippen LogP contribution in [0.5, 0.6) is 11.6 Å². The monoisotopic (exact) mass is 618 g/mol. The van der Waals surface area contributed by atoms with Gasteiger partial charge in [0.15, 0.2) is 0 Å². The SMILES string of the molecule is CC(=O)OC[C@@H](OC(C)(C)C)c1c(C)cc2nc(OS(=O)(=O)C(F)(F)F)ccc2c1-c1ccc2c3c(ccnc13)CCO2. The van der Waals surface area contributed by atoms with Crippen LogP contribution in [-0.4, -0.2) is 48.7 Å². The molecule has 1 aliphatic heterocycles.